The van der Waals surface area contributed by atoms with Crippen LogP contribution >= 0.6 is 11.3 Å². The molecule has 0 spiro atoms. The number of fused-ring (bicyclic) bond motifs is 3. The number of nitrogens with one attached hydrogen (secondary N) is 1. The van der Waals surface area contributed by atoms with Gasteiger partial charge in [0, 0.05) is 37.1 Å². The zero-order valence-electron chi connectivity index (χ0n) is 19.9. The van der Waals surface area contributed by atoms with Crippen LogP contribution in [0.5, 0.6) is 0 Å². The molecular weight excluding hydrogens is 436 g/mol. The first-order valence-electron chi connectivity index (χ1n) is 12.5. The van der Waals surface area contributed by atoms with Crippen molar-refractivity contribution < 1.29 is 14.3 Å². The van der Waals surface area contributed by atoms with E-state index in [1.807, 2.05) is 17.9 Å². The molecule has 0 aromatic carbocycles. The fraction of sp³-hybridized carbons (Fsp3) is 0.680. The van der Waals surface area contributed by atoms with Crippen molar-refractivity contribution in [3.8, 4) is 0 Å². The lowest BCUT2D eigenvalue weighted by Gasteiger charge is -2.45. The number of ether oxygens (including phenoxy) is 1. The van der Waals surface area contributed by atoms with Crippen LogP contribution in [-0.4, -0.2) is 77.2 Å². The maximum Gasteiger partial charge on any atom is 0.271 e. The largest absolute Gasteiger partial charge is 0.379 e. The molecule has 1 saturated carbocycles. The summed E-state index contributed by atoms with van der Waals surface area (Å²) in [5.41, 5.74) is 0.891. The summed E-state index contributed by atoms with van der Waals surface area (Å²) >= 11 is 1.75. The van der Waals surface area contributed by atoms with Crippen LogP contribution < -0.4 is 5.32 Å². The van der Waals surface area contributed by atoms with Crippen LogP contribution in [-0.2, 0) is 22.5 Å². The predicted molar refractivity (Wildman–Crippen MR) is 131 cm³/mol. The Bertz CT molecular complexity index is 1020. The third-order valence-electron chi connectivity index (χ3n) is 7.69. The normalized spacial score (nSPS) is 24.9. The minimum Gasteiger partial charge on any atom is -0.379 e. The van der Waals surface area contributed by atoms with Gasteiger partial charge in [-0.3, -0.25) is 14.5 Å². The standard InChI is InChI=1S/C25H36N4O3S/c1-3-19-15-20-22(33-19)16-21-23(30)29(10-9-27-11-13-32-14-12-27)25(2,17-28(20)21)24(31)26-18-7-5-4-6-8-18/h15-16,18H,3-14,17H2,1-2H3,(H,26,31)/t25-/m1/s1. The van der Waals surface area contributed by atoms with Gasteiger partial charge >= 0.3 is 0 Å². The van der Waals surface area contributed by atoms with E-state index in [9.17, 15) is 9.59 Å². The fourth-order valence-corrected chi connectivity index (χ4v) is 6.61. The zero-order valence-corrected chi connectivity index (χ0v) is 20.7. The van der Waals surface area contributed by atoms with Gasteiger partial charge in [-0.15, -0.1) is 11.3 Å². The molecule has 180 valence electrons. The van der Waals surface area contributed by atoms with E-state index in [2.05, 4.69) is 27.8 Å². The summed E-state index contributed by atoms with van der Waals surface area (Å²) < 4.78 is 8.71. The lowest BCUT2D eigenvalue weighted by Crippen LogP contribution is -2.66. The second-order valence-electron chi connectivity index (χ2n) is 9.92. The van der Waals surface area contributed by atoms with Crippen molar-refractivity contribution in [3.63, 3.8) is 0 Å². The summed E-state index contributed by atoms with van der Waals surface area (Å²) in [4.78, 5) is 33.1. The summed E-state index contributed by atoms with van der Waals surface area (Å²) in [6, 6.07) is 4.44. The van der Waals surface area contributed by atoms with Gasteiger partial charge in [-0.2, -0.15) is 0 Å². The van der Waals surface area contributed by atoms with Gasteiger partial charge in [-0.1, -0.05) is 26.2 Å². The number of amides is 2. The minimum absolute atomic E-state index is 0.0110. The molecule has 33 heavy (non-hydrogen) atoms. The molecule has 5 rings (SSSR count). The van der Waals surface area contributed by atoms with Gasteiger partial charge in [-0.05, 0) is 38.3 Å². The molecule has 2 amide bonds. The van der Waals surface area contributed by atoms with Crippen molar-refractivity contribution in [3.05, 3.63) is 22.7 Å². The molecule has 2 fully saturated rings. The molecule has 1 N–H and O–H groups in total. The van der Waals surface area contributed by atoms with E-state index in [1.165, 1.54) is 24.1 Å². The number of morpholine rings is 1. The number of aryl methyl sites for hydroxylation is 1. The molecule has 1 aliphatic carbocycles. The molecule has 7 nitrogen and oxygen atoms in total. The second-order valence-corrected chi connectivity index (χ2v) is 11.1. The number of nitrogens with zero attached hydrogens (tertiary/aromatic N) is 3. The average molecular weight is 473 g/mol. The topological polar surface area (TPSA) is 66.8 Å². The van der Waals surface area contributed by atoms with Gasteiger partial charge in [0.15, 0.2) is 0 Å². The zero-order chi connectivity index (χ0) is 23.0. The predicted octanol–water partition coefficient (Wildman–Crippen LogP) is 3.26. The van der Waals surface area contributed by atoms with Crippen LogP contribution in [0, 0.1) is 0 Å². The van der Waals surface area contributed by atoms with E-state index in [-0.39, 0.29) is 17.9 Å². The van der Waals surface area contributed by atoms with Crippen LogP contribution in [0.3, 0.4) is 0 Å². The molecule has 2 aromatic heterocycles. The fourth-order valence-electron chi connectivity index (χ4n) is 5.57. The highest BCUT2D eigenvalue weighted by atomic mass is 32.1. The van der Waals surface area contributed by atoms with E-state index in [1.54, 1.807) is 11.3 Å². The molecule has 0 unspecified atom stereocenters. The Morgan fingerprint density at radius 2 is 1.94 bits per heavy atom. The van der Waals surface area contributed by atoms with Gasteiger partial charge in [0.1, 0.15) is 11.2 Å². The SMILES string of the molecule is CCc1cc2c(cc3n2C[C@](C)(C(=O)NC2CCCCC2)N(CCN2CCOCC2)C3=O)s1. The summed E-state index contributed by atoms with van der Waals surface area (Å²) in [5, 5.41) is 3.33. The molecule has 4 heterocycles. The Labute approximate surface area is 200 Å². The number of hydrogen-bond acceptors (Lipinski definition) is 5. The first kappa shape index (κ1) is 22.9. The van der Waals surface area contributed by atoms with Crippen molar-refractivity contribution in [2.75, 3.05) is 39.4 Å². The molecule has 0 bridgehead atoms. The van der Waals surface area contributed by atoms with Gasteiger partial charge in [0.25, 0.3) is 5.91 Å². The third kappa shape index (κ3) is 4.33. The van der Waals surface area contributed by atoms with E-state index in [0.717, 1.165) is 62.3 Å². The summed E-state index contributed by atoms with van der Waals surface area (Å²) in [7, 11) is 0. The van der Waals surface area contributed by atoms with Crippen LogP contribution in [0.4, 0.5) is 0 Å². The maximum absolute atomic E-state index is 13.8. The Kier molecular flexibility index (Phi) is 6.51. The van der Waals surface area contributed by atoms with Crippen molar-refractivity contribution in [2.24, 2.45) is 0 Å². The maximum atomic E-state index is 13.8. The van der Waals surface area contributed by atoms with Crippen molar-refractivity contribution in [2.45, 2.75) is 70.5 Å². The molecule has 3 aliphatic rings. The van der Waals surface area contributed by atoms with Crippen LogP contribution in [0.25, 0.3) is 10.2 Å². The lowest BCUT2D eigenvalue weighted by molar-refractivity contribution is -0.134. The highest BCUT2D eigenvalue weighted by Crippen LogP contribution is 2.36. The van der Waals surface area contributed by atoms with Gasteiger partial charge in [-0.25, -0.2) is 0 Å². The third-order valence-corrected chi connectivity index (χ3v) is 8.90. The number of rotatable bonds is 6. The quantitative estimate of drug-likeness (QED) is 0.701. The van der Waals surface area contributed by atoms with Gasteiger partial charge in [0.05, 0.1) is 30.0 Å². The number of aromatic nitrogens is 1. The van der Waals surface area contributed by atoms with Gasteiger partial charge < -0.3 is 19.5 Å². The first-order chi connectivity index (χ1) is 16.0. The van der Waals surface area contributed by atoms with Crippen molar-refractivity contribution in [1.29, 1.82) is 0 Å². The number of carbonyl (C=O) groups is 2. The second kappa shape index (κ2) is 9.39. The van der Waals surface area contributed by atoms with Crippen molar-refractivity contribution >= 4 is 33.4 Å². The van der Waals surface area contributed by atoms with Gasteiger partial charge in [0.2, 0.25) is 5.91 Å². The van der Waals surface area contributed by atoms with E-state index in [4.69, 9.17) is 4.74 Å². The first-order valence-corrected chi connectivity index (χ1v) is 13.4. The summed E-state index contributed by atoms with van der Waals surface area (Å²) in [6.07, 6.45) is 6.63. The van der Waals surface area contributed by atoms with Crippen LogP contribution in [0.15, 0.2) is 12.1 Å². The van der Waals surface area contributed by atoms with E-state index in [0.29, 0.717) is 18.8 Å². The highest BCUT2D eigenvalue weighted by Gasteiger charge is 2.48. The van der Waals surface area contributed by atoms with Crippen LogP contribution in [0.1, 0.15) is 61.3 Å². The van der Waals surface area contributed by atoms with E-state index >= 15 is 0 Å². The molecule has 1 atom stereocenters. The Morgan fingerprint density at radius 3 is 2.67 bits per heavy atom. The molecule has 8 heteroatoms. The molecular formula is C25H36N4O3S. The van der Waals surface area contributed by atoms with E-state index < -0.39 is 5.54 Å². The minimum atomic E-state index is -0.909. The Hall–Kier alpha value is -1.90. The summed E-state index contributed by atoms with van der Waals surface area (Å²) in [5.74, 6) is -0.0413. The Balaban J connectivity index is 1.45. The average Bonchev–Trinajstić information content (AvgIpc) is 3.39. The number of thiophene rings is 1. The number of carbonyl (C=O) groups excluding carboxylic acids is 2. The molecule has 1 saturated heterocycles. The number of hydrogen-bond donors (Lipinski definition) is 1. The monoisotopic (exact) mass is 472 g/mol. The van der Waals surface area contributed by atoms with Crippen molar-refractivity contribution in [1.82, 2.24) is 19.7 Å². The highest BCUT2D eigenvalue weighted by molar-refractivity contribution is 7.19. The summed E-state index contributed by atoms with van der Waals surface area (Å²) in [6.45, 7) is 9.13. The molecule has 2 aliphatic heterocycles. The molecule has 0 radical (unpaired) electrons. The molecule has 2 aromatic rings. The lowest BCUT2D eigenvalue weighted by atomic mass is 9.91. The smallest absolute Gasteiger partial charge is 0.271 e. The van der Waals surface area contributed by atoms with Crippen LogP contribution in [0.2, 0.25) is 0 Å². The Morgan fingerprint density at radius 1 is 1.18 bits per heavy atom.